The molecule has 0 aliphatic heterocycles. The van der Waals surface area contributed by atoms with Crippen LogP contribution in [-0.2, 0) is 12.8 Å². The maximum absolute atomic E-state index is 12.6. The number of carbonyl (C=O) groups is 1. The summed E-state index contributed by atoms with van der Waals surface area (Å²) in [5.74, 6) is -1.47. The Kier molecular flexibility index (Phi) is 6.38. The number of methoxy groups -OCH3 is 1. The standard InChI is InChI=1S/C21H26O7/c1-6-10(3)18(23)17-14(22)9-16(27-5)12(20(17)25)8-13-19(24)11(4)15(7-2)28-21(13)26/h9-10,22,24-25H,6-8H2,1-5H3. The summed E-state index contributed by atoms with van der Waals surface area (Å²) in [4.78, 5) is 25.0. The van der Waals surface area contributed by atoms with E-state index >= 15 is 0 Å². The van der Waals surface area contributed by atoms with Crippen LogP contribution in [0.15, 0.2) is 15.3 Å². The van der Waals surface area contributed by atoms with Crippen molar-refractivity contribution in [1.82, 2.24) is 0 Å². The van der Waals surface area contributed by atoms with E-state index in [1.54, 1.807) is 20.8 Å². The summed E-state index contributed by atoms with van der Waals surface area (Å²) in [7, 11) is 1.33. The number of rotatable bonds is 7. The van der Waals surface area contributed by atoms with Crippen molar-refractivity contribution in [2.75, 3.05) is 7.11 Å². The first-order valence-electron chi connectivity index (χ1n) is 9.18. The highest BCUT2D eigenvalue weighted by Gasteiger charge is 2.27. The van der Waals surface area contributed by atoms with Gasteiger partial charge >= 0.3 is 5.63 Å². The van der Waals surface area contributed by atoms with Crippen molar-refractivity contribution in [1.29, 1.82) is 0 Å². The van der Waals surface area contributed by atoms with E-state index in [4.69, 9.17) is 9.15 Å². The number of hydrogen-bond donors (Lipinski definition) is 3. The summed E-state index contributed by atoms with van der Waals surface area (Å²) in [6, 6.07) is 1.22. The molecule has 3 N–H and O–H groups in total. The summed E-state index contributed by atoms with van der Waals surface area (Å²) in [5.41, 5.74) is -0.473. The maximum Gasteiger partial charge on any atom is 0.343 e. The number of benzene rings is 1. The van der Waals surface area contributed by atoms with Crippen LogP contribution >= 0.6 is 0 Å². The first-order chi connectivity index (χ1) is 13.2. The molecule has 0 amide bonds. The van der Waals surface area contributed by atoms with Crippen LogP contribution in [0.1, 0.15) is 60.0 Å². The van der Waals surface area contributed by atoms with Gasteiger partial charge in [-0.2, -0.15) is 0 Å². The minimum atomic E-state index is -0.732. The van der Waals surface area contributed by atoms with Gasteiger partial charge in [0, 0.05) is 36.0 Å². The van der Waals surface area contributed by atoms with Gasteiger partial charge in [-0.25, -0.2) is 4.79 Å². The fourth-order valence-electron chi connectivity index (χ4n) is 3.08. The molecular weight excluding hydrogens is 364 g/mol. The quantitative estimate of drug-likeness (QED) is 0.620. The predicted molar refractivity (Wildman–Crippen MR) is 104 cm³/mol. The van der Waals surface area contributed by atoms with Gasteiger partial charge in [-0.1, -0.05) is 20.8 Å². The van der Waals surface area contributed by atoms with Crippen molar-refractivity contribution in [3.8, 4) is 23.0 Å². The van der Waals surface area contributed by atoms with Gasteiger partial charge in [-0.3, -0.25) is 4.79 Å². The Morgan fingerprint density at radius 2 is 1.82 bits per heavy atom. The highest BCUT2D eigenvalue weighted by molar-refractivity contribution is 6.03. The minimum Gasteiger partial charge on any atom is -0.507 e. The van der Waals surface area contributed by atoms with E-state index < -0.39 is 28.8 Å². The fraction of sp³-hybridized carbons (Fsp3) is 0.429. The molecule has 0 fully saturated rings. The number of aryl methyl sites for hydroxylation is 1. The second-order valence-corrected chi connectivity index (χ2v) is 6.77. The Labute approximate surface area is 163 Å². The molecule has 7 nitrogen and oxygen atoms in total. The van der Waals surface area contributed by atoms with Crippen LogP contribution in [0.2, 0.25) is 0 Å². The zero-order chi connectivity index (χ0) is 21.2. The number of phenols is 2. The first kappa shape index (κ1) is 21.3. The van der Waals surface area contributed by atoms with Crippen molar-refractivity contribution < 1.29 is 29.3 Å². The molecule has 7 heteroatoms. The molecule has 1 aromatic carbocycles. The number of hydrogen-bond acceptors (Lipinski definition) is 7. The number of Topliss-reactive ketones (excluding diaryl/α,β-unsaturated/α-hetero) is 1. The van der Waals surface area contributed by atoms with Gasteiger partial charge in [-0.05, 0) is 13.3 Å². The molecule has 1 atom stereocenters. The second-order valence-electron chi connectivity index (χ2n) is 6.77. The fourth-order valence-corrected chi connectivity index (χ4v) is 3.08. The van der Waals surface area contributed by atoms with Crippen LogP contribution in [0.5, 0.6) is 23.0 Å². The summed E-state index contributed by atoms with van der Waals surface area (Å²) in [6.45, 7) is 6.94. The summed E-state index contributed by atoms with van der Waals surface area (Å²) in [6.07, 6.45) is 0.743. The van der Waals surface area contributed by atoms with Crippen molar-refractivity contribution in [3.05, 3.63) is 44.5 Å². The first-order valence-corrected chi connectivity index (χ1v) is 9.18. The Balaban J connectivity index is 2.69. The molecular formula is C21H26O7. The Morgan fingerprint density at radius 3 is 2.36 bits per heavy atom. The van der Waals surface area contributed by atoms with E-state index in [-0.39, 0.29) is 34.6 Å². The predicted octanol–water partition coefficient (Wildman–Crippen LogP) is 3.46. The molecule has 0 saturated heterocycles. The Hall–Kier alpha value is -2.96. The topological polar surface area (TPSA) is 117 Å². The number of carbonyl (C=O) groups excluding carboxylic acids is 1. The Morgan fingerprint density at radius 1 is 1.18 bits per heavy atom. The molecule has 0 saturated carbocycles. The van der Waals surface area contributed by atoms with Gasteiger partial charge in [0.1, 0.15) is 34.3 Å². The van der Waals surface area contributed by atoms with Crippen LogP contribution in [0.3, 0.4) is 0 Å². The lowest BCUT2D eigenvalue weighted by molar-refractivity contribution is 0.0921. The van der Waals surface area contributed by atoms with Crippen molar-refractivity contribution in [2.45, 2.75) is 47.0 Å². The lowest BCUT2D eigenvalue weighted by atomic mass is 9.91. The van der Waals surface area contributed by atoms with Gasteiger partial charge in [0.25, 0.3) is 0 Å². The maximum atomic E-state index is 12.6. The lowest BCUT2D eigenvalue weighted by Gasteiger charge is -2.17. The zero-order valence-corrected chi connectivity index (χ0v) is 16.8. The molecule has 0 spiro atoms. The third-order valence-corrected chi connectivity index (χ3v) is 5.07. The van der Waals surface area contributed by atoms with Gasteiger partial charge in [-0.15, -0.1) is 0 Å². The molecule has 1 aromatic heterocycles. The summed E-state index contributed by atoms with van der Waals surface area (Å²) >= 11 is 0. The molecule has 0 radical (unpaired) electrons. The third-order valence-electron chi connectivity index (χ3n) is 5.07. The average molecular weight is 390 g/mol. The van der Waals surface area contributed by atoms with Gasteiger partial charge < -0.3 is 24.5 Å². The molecule has 2 aromatic rings. The number of ketones is 1. The van der Waals surface area contributed by atoms with E-state index in [0.717, 1.165) is 0 Å². The van der Waals surface area contributed by atoms with Crippen LogP contribution in [0, 0.1) is 12.8 Å². The van der Waals surface area contributed by atoms with Gasteiger partial charge in [0.15, 0.2) is 5.78 Å². The number of aromatic hydroxyl groups is 3. The molecule has 1 heterocycles. The van der Waals surface area contributed by atoms with E-state index in [9.17, 15) is 24.9 Å². The monoisotopic (exact) mass is 390 g/mol. The van der Waals surface area contributed by atoms with Crippen molar-refractivity contribution >= 4 is 5.78 Å². The van der Waals surface area contributed by atoms with E-state index in [2.05, 4.69) is 0 Å². The lowest BCUT2D eigenvalue weighted by Crippen LogP contribution is -2.14. The highest BCUT2D eigenvalue weighted by atomic mass is 16.5. The molecule has 28 heavy (non-hydrogen) atoms. The van der Waals surface area contributed by atoms with E-state index in [1.165, 1.54) is 13.2 Å². The molecule has 2 rings (SSSR count). The van der Waals surface area contributed by atoms with Gasteiger partial charge in [0.2, 0.25) is 0 Å². The van der Waals surface area contributed by atoms with Crippen LogP contribution in [0.25, 0.3) is 0 Å². The van der Waals surface area contributed by atoms with E-state index in [0.29, 0.717) is 24.2 Å². The number of phenolic OH excluding ortho intramolecular Hbond substituents is 2. The second kappa shape index (κ2) is 8.37. The van der Waals surface area contributed by atoms with Crippen molar-refractivity contribution in [3.63, 3.8) is 0 Å². The summed E-state index contributed by atoms with van der Waals surface area (Å²) in [5, 5.41) is 31.4. The van der Waals surface area contributed by atoms with Crippen LogP contribution in [0.4, 0.5) is 0 Å². The minimum absolute atomic E-state index is 0.0593. The van der Waals surface area contributed by atoms with E-state index in [1.807, 2.05) is 6.92 Å². The molecule has 0 aliphatic carbocycles. The third kappa shape index (κ3) is 3.69. The van der Waals surface area contributed by atoms with Gasteiger partial charge in [0.05, 0.1) is 12.7 Å². The molecule has 0 aliphatic rings. The van der Waals surface area contributed by atoms with Crippen LogP contribution < -0.4 is 10.4 Å². The highest BCUT2D eigenvalue weighted by Crippen LogP contribution is 2.41. The smallest absolute Gasteiger partial charge is 0.343 e. The van der Waals surface area contributed by atoms with Crippen LogP contribution in [-0.4, -0.2) is 28.2 Å². The SMILES string of the molecule is CCc1oc(=O)c(Cc2c(OC)cc(O)c(C(=O)C(C)CC)c2O)c(O)c1C. The summed E-state index contributed by atoms with van der Waals surface area (Å²) < 4.78 is 10.5. The average Bonchev–Trinajstić information content (AvgIpc) is 2.67. The normalized spacial score (nSPS) is 12.0. The zero-order valence-electron chi connectivity index (χ0n) is 16.8. The Bertz CT molecular complexity index is 956. The van der Waals surface area contributed by atoms with Crippen molar-refractivity contribution in [2.24, 2.45) is 5.92 Å². The largest absolute Gasteiger partial charge is 0.507 e. The molecule has 1 unspecified atom stereocenters. The number of ether oxygens (including phenoxy) is 1. The molecule has 152 valence electrons. The molecule has 0 bridgehead atoms.